The number of carbonyl (C=O) groups excluding carboxylic acids is 1. The zero-order valence-electron chi connectivity index (χ0n) is 15.9. The molecule has 0 aliphatic heterocycles. The highest BCUT2D eigenvalue weighted by Gasteiger charge is 2.30. The van der Waals surface area contributed by atoms with Crippen molar-refractivity contribution in [2.75, 3.05) is 10.6 Å². The van der Waals surface area contributed by atoms with E-state index in [0.717, 1.165) is 22.9 Å². The van der Waals surface area contributed by atoms with Crippen molar-refractivity contribution in [3.05, 3.63) is 65.2 Å². The Hall–Kier alpha value is -2.34. The second kappa shape index (κ2) is 7.91. The lowest BCUT2D eigenvalue weighted by Crippen LogP contribution is -2.48. The molecule has 0 spiro atoms. The molecular formula is C20H26N2O3S. The van der Waals surface area contributed by atoms with Gasteiger partial charge in [0.25, 0.3) is 0 Å². The number of sulfonamides is 1. The van der Waals surface area contributed by atoms with E-state index in [1.54, 1.807) is 13.0 Å². The van der Waals surface area contributed by atoms with E-state index >= 15 is 0 Å². The lowest BCUT2D eigenvalue weighted by atomic mass is 10.1. The summed E-state index contributed by atoms with van der Waals surface area (Å²) in [6, 6.07) is 14.1. The Labute approximate surface area is 156 Å². The van der Waals surface area contributed by atoms with Crippen LogP contribution in [0, 0.1) is 13.8 Å². The van der Waals surface area contributed by atoms with Gasteiger partial charge < -0.3 is 5.32 Å². The summed E-state index contributed by atoms with van der Waals surface area (Å²) in [5.41, 5.74) is 3.23. The van der Waals surface area contributed by atoms with Gasteiger partial charge in [-0.15, -0.1) is 0 Å². The molecule has 6 heteroatoms. The minimum Gasteiger partial charge on any atom is -0.348 e. The van der Waals surface area contributed by atoms with Crippen molar-refractivity contribution in [2.24, 2.45) is 0 Å². The zero-order valence-corrected chi connectivity index (χ0v) is 16.7. The van der Waals surface area contributed by atoms with Crippen LogP contribution >= 0.6 is 0 Å². The Bertz CT molecular complexity index is 879. The number of nitrogens with zero attached hydrogens (tertiary/aromatic N) is 1. The number of benzene rings is 2. The molecule has 1 amide bonds. The minimum absolute atomic E-state index is 0.217. The third-order valence-electron chi connectivity index (χ3n) is 4.35. The molecular weight excluding hydrogens is 348 g/mol. The predicted molar refractivity (Wildman–Crippen MR) is 106 cm³/mol. The number of amides is 1. The summed E-state index contributed by atoms with van der Waals surface area (Å²) in [7, 11) is -3.63. The average molecular weight is 375 g/mol. The number of hydrogen-bond acceptors (Lipinski definition) is 3. The van der Waals surface area contributed by atoms with E-state index in [2.05, 4.69) is 5.32 Å². The van der Waals surface area contributed by atoms with Gasteiger partial charge in [0, 0.05) is 0 Å². The first-order chi connectivity index (χ1) is 12.1. The van der Waals surface area contributed by atoms with E-state index in [1.165, 1.54) is 4.31 Å². The molecule has 5 nitrogen and oxygen atoms in total. The maximum atomic E-state index is 12.8. The SMILES string of the molecule is Cc1ccc(C)c(N([C@@H](C)C(=O)N[C@@H](C)c2ccccc2)S(C)(=O)=O)c1. The molecule has 26 heavy (non-hydrogen) atoms. The van der Waals surface area contributed by atoms with Crippen molar-refractivity contribution in [1.82, 2.24) is 5.32 Å². The standard InChI is InChI=1S/C20H26N2O3S/c1-14-11-12-15(2)19(13-14)22(26(5,24)25)17(4)20(23)21-16(3)18-9-7-6-8-10-18/h6-13,16-17H,1-5H3,(H,21,23)/t16-,17-/m0/s1. The van der Waals surface area contributed by atoms with E-state index in [9.17, 15) is 13.2 Å². The van der Waals surface area contributed by atoms with Gasteiger partial charge >= 0.3 is 0 Å². The second-order valence-corrected chi connectivity index (χ2v) is 8.53. The van der Waals surface area contributed by atoms with Crippen molar-refractivity contribution < 1.29 is 13.2 Å². The Balaban J connectivity index is 2.31. The number of hydrogen-bond donors (Lipinski definition) is 1. The van der Waals surface area contributed by atoms with Crippen LogP contribution < -0.4 is 9.62 Å². The van der Waals surface area contributed by atoms with Crippen molar-refractivity contribution in [3.8, 4) is 0 Å². The van der Waals surface area contributed by atoms with E-state index in [-0.39, 0.29) is 11.9 Å². The smallest absolute Gasteiger partial charge is 0.244 e. The molecule has 0 fully saturated rings. The van der Waals surface area contributed by atoms with Gasteiger partial charge in [-0.05, 0) is 50.5 Å². The lowest BCUT2D eigenvalue weighted by molar-refractivity contribution is -0.122. The van der Waals surface area contributed by atoms with Crippen molar-refractivity contribution in [1.29, 1.82) is 0 Å². The number of anilines is 1. The first kappa shape index (κ1) is 20.0. The fourth-order valence-electron chi connectivity index (χ4n) is 2.90. The van der Waals surface area contributed by atoms with Gasteiger partial charge in [0.2, 0.25) is 15.9 Å². The van der Waals surface area contributed by atoms with E-state index < -0.39 is 16.1 Å². The number of aryl methyl sites for hydroxylation is 2. The molecule has 2 aromatic carbocycles. The summed E-state index contributed by atoms with van der Waals surface area (Å²) in [6.45, 7) is 7.22. The van der Waals surface area contributed by atoms with Crippen LogP contribution in [0.3, 0.4) is 0 Å². The van der Waals surface area contributed by atoms with Crippen LogP contribution in [0.2, 0.25) is 0 Å². The summed E-state index contributed by atoms with van der Waals surface area (Å²) in [6.07, 6.45) is 1.12. The molecule has 0 aromatic heterocycles. The van der Waals surface area contributed by atoms with Gasteiger partial charge in [-0.25, -0.2) is 8.42 Å². The molecule has 0 saturated heterocycles. The zero-order chi connectivity index (χ0) is 19.5. The van der Waals surface area contributed by atoms with Crippen LogP contribution in [0.15, 0.2) is 48.5 Å². The Morgan fingerprint density at radius 3 is 2.23 bits per heavy atom. The first-order valence-corrected chi connectivity index (χ1v) is 10.4. The molecule has 140 valence electrons. The molecule has 0 radical (unpaired) electrons. The maximum absolute atomic E-state index is 12.8. The van der Waals surface area contributed by atoms with Gasteiger partial charge in [0.15, 0.2) is 0 Å². The molecule has 2 atom stereocenters. The fourth-order valence-corrected chi connectivity index (χ4v) is 4.12. The lowest BCUT2D eigenvalue weighted by Gasteiger charge is -2.30. The largest absolute Gasteiger partial charge is 0.348 e. The normalized spacial score (nSPS) is 13.7. The summed E-state index contributed by atoms with van der Waals surface area (Å²) in [5.74, 6) is -0.340. The predicted octanol–water partition coefficient (Wildman–Crippen LogP) is 3.34. The summed E-state index contributed by atoms with van der Waals surface area (Å²) >= 11 is 0. The quantitative estimate of drug-likeness (QED) is 0.843. The molecule has 0 aliphatic carbocycles. The van der Waals surface area contributed by atoms with Crippen LogP contribution in [0.4, 0.5) is 5.69 Å². The molecule has 0 aliphatic rings. The van der Waals surface area contributed by atoms with Crippen LogP contribution in [0.5, 0.6) is 0 Å². The second-order valence-electron chi connectivity index (χ2n) is 6.67. The van der Waals surface area contributed by atoms with Gasteiger partial charge in [-0.2, -0.15) is 0 Å². The third kappa shape index (κ3) is 4.64. The van der Waals surface area contributed by atoms with Crippen molar-refractivity contribution in [3.63, 3.8) is 0 Å². The minimum atomic E-state index is -3.63. The van der Waals surface area contributed by atoms with Crippen LogP contribution in [-0.4, -0.2) is 26.6 Å². The van der Waals surface area contributed by atoms with E-state index in [4.69, 9.17) is 0 Å². The third-order valence-corrected chi connectivity index (χ3v) is 5.58. The highest BCUT2D eigenvalue weighted by atomic mass is 32.2. The first-order valence-electron chi connectivity index (χ1n) is 8.53. The average Bonchev–Trinajstić information content (AvgIpc) is 2.57. The van der Waals surface area contributed by atoms with E-state index in [1.807, 2.05) is 63.2 Å². The Kier molecular flexibility index (Phi) is 6.08. The topological polar surface area (TPSA) is 66.5 Å². The van der Waals surface area contributed by atoms with Gasteiger partial charge in [0.1, 0.15) is 6.04 Å². The molecule has 1 N–H and O–H groups in total. The number of rotatable bonds is 6. The number of nitrogens with one attached hydrogen (secondary N) is 1. The van der Waals surface area contributed by atoms with Gasteiger partial charge in [-0.1, -0.05) is 42.5 Å². The monoisotopic (exact) mass is 374 g/mol. The molecule has 0 bridgehead atoms. The highest BCUT2D eigenvalue weighted by molar-refractivity contribution is 7.92. The molecule has 0 unspecified atom stereocenters. The molecule has 0 saturated carbocycles. The molecule has 2 aromatic rings. The highest BCUT2D eigenvalue weighted by Crippen LogP contribution is 2.26. The summed E-state index contributed by atoms with van der Waals surface area (Å²) in [4.78, 5) is 12.8. The van der Waals surface area contributed by atoms with Gasteiger partial charge in [-0.3, -0.25) is 9.10 Å². The van der Waals surface area contributed by atoms with Crippen LogP contribution in [-0.2, 0) is 14.8 Å². The summed E-state index contributed by atoms with van der Waals surface area (Å²) in [5, 5.41) is 2.91. The Morgan fingerprint density at radius 1 is 1.04 bits per heavy atom. The van der Waals surface area contributed by atoms with Crippen molar-refractivity contribution in [2.45, 2.75) is 39.8 Å². The van der Waals surface area contributed by atoms with Crippen LogP contribution in [0.25, 0.3) is 0 Å². The fraction of sp³-hybridized carbons (Fsp3) is 0.350. The maximum Gasteiger partial charge on any atom is 0.244 e. The van der Waals surface area contributed by atoms with E-state index in [0.29, 0.717) is 5.69 Å². The summed E-state index contributed by atoms with van der Waals surface area (Å²) < 4.78 is 26.1. The van der Waals surface area contributed by atoms with Gasteiger partial charge in [0.05, 0.1) is 18.0 Å². The molecule has 0 heterocycles. The Morgan fingerprint density at radius 2 is 1.65 bits per heavy atom. The molecule has 2 rings (SSSR count). The van der Waals surface area contributed by atoms with Crippen molar-refractivity contribution >= 4 is 21.6 Å². The number of carbonyl (C=O) groups is 1. The van der Waals surface area contributed by atoms with Crippen LogP contribution in [0.1, 0.15) is 36.6 Å².